The Bertz CT molecular complexity index is 952. The predicted molar refractivity (Wildman–Crippen MR) is 115 cm³/mol. The van der Waals surface area contributed by atoms with Crippen LogP contribution in [0.15, 0.2) is 24.3 Å². The summed E-state index contributed by atoms with van der Waals surface area (Å²) in [5.41, 5.74) is 5.60. The van der Waals surface area contributed by atoms with Crippen molar-refractivity contribution in [1.29, 1.82) is 0 Å². The summed E-state index contributed by atoms with van der Waals surface area (Å²) >= 11 is 0. The maximum atomic E-state index is 13.9. The van der Waals surface area contributed by atoms with Crippen LogP contribution in [-0.4, -0.2) is 64.2 Å². The highest BCUT2D eigenvalue weighted by atomic mass is 16.5. The fraction of sp³-hybridized carbons (Fsp3) is 0.417. The number of ether oxygens (including phenoxy) is 2. The zero-order valence-electron chi connectivity index (χ0n) is 17.5. The van der Waals surface area contributed by atoms with Gasteiger partial charge in [0.2, 0.25) is 0 Å². The van der Waals surface area contributed by atoms with Gasteiger partial charge < -0.3 is 19.3 Å². The number of carbonyl (C=O) groups excluding carboxylic acids is 2. The molecule has 3 aliphatic rings. The first-order valence-corrected chi connectivity index (χ1v) is 10.6. The van der Waals surface area contributed by atoms with Crippen LogP contribution < -0.4 is 9.80 Å². The van der Waals surface area contributed by atoms with Crippen LogP contribution in [0.1, 0.15) is 43.0 Å². The lowest BCUT2D eigenvalue weighted by Gasteiger charge is -2.36. The number of benzene rings is 2. The Hall–Kier alpha value is -2.70. The normalized spacial score (nSPS) is 19.0. The van der Waals surface area contributed by atoms with Gasteiger partial charge in [-0.25, -0.2) is 0 Å². The van der Waals surface area contributed by atoms with Crippen molar-refractivity contribution in [3.05, 3.63) is 57.6 Å². The van der Waals surface area contributed by atoms with Gasteiger partial charge in [0.25, 0.3) is 0 Å². The molecule has 0 aromatic heterocycles. The topological polar surface area (TPSA) is 59.1 Å². The first-order chi connectivity index (χ1) is 14.6. The zero-order chi connectivity index (χ0) is 20.8. The van der Waals surface area contributed by atoms with Gasteiger partial charge in [0.1, 0.15) is 0 Å². The standard InChI is InChI=1S/C24H26N2O4/c1-15-3-4-16(2)20-19(15)23(27)21-17(25-7-11-29-12-8-25)5-6-18(22(21)24(20)28)26-9-13-30-14-10-26/h3-6H,7-14H2,1-2H3. The Balaban J connectivity index is 1.75. The highest BCUT2D eigenvalue weighted by Crippen LogP contribution is 2.41. The Morgan fingerprint density at radius 2 is 0.967 bits per heavy atom. The molecular weight excluding hydrogens is 380 g/mol. The van der Waals surface area contributed by atoms with Gasteiger partial charge in [0.15, 0.2) is 11.6 Å². The van der Waals surface area contributed by atoms with Crippen molar-refractivity contribution in [1.82, 2.24) is 0 Å². The largest absolute Gasteiger partial charge is 0.378 e. The summed E-state index contributed by atoms with van der Waals surface area (Å²) in [6.45, 7) is 9.16. The lowest BCUT2D eigenvalue weighted by Crippen LogP contribution is -2.40. The molecule has 2 fully saturated rings. The molecule has 0 amide bonds. The van der Waals surface area contributed by atoms with Crippen molar-refractivity contribution in [3.63, 3.8) is 0 Å². The van der Waals surface area contributed by atoms with Crippen LogP contribution in [0.2, 0.25) is 0 Å². The molecular formula is C24H26N2O4. The number of fused-ring (bicyclic) bond motifs is 2. The first-order valence-electron chi connectivity index (χ1n) is 10.6. The Morgan fingerprint density at radius 3 is 1.33 bits per heavy atom. The molecule has 0 radical (unpaired) electrons. The zero-order valence-corrected chi connectivity index (χ0v) is 17.5. The molecule has 156 valence electrons. The van der Waals surface area contributed by atoms with E-state index in [0.29, 0.717) is 74.9 Å². The molecule has 0 atom stereocenters. The molecule has 5 rings (SSSR count). The third-order valence-corrected chi connectivity index (χ3v) is 6.40. The maximum Gasteiger partial charge on any atom is 0.196 e. The highest BCUT2D eigenvalue weighted by molar-refractivity contribution is 6.32. The van der Waals surface area contributed by atoms with Gasteiger partial charge in [0, 0.05) is 48.7 Å². The minimum absolute atomic E-state index is 0.0441. The van der Waals surface area contributed by atoms with Crippen molar-refractivity contribution >= 4 is 22.9 Å². The third-order valence-electron chi connectivity index (χ3n) is 6.40. The summed E-state index contributed by atoms with van der Waals surface area (Å²) in [4.78, 5) is 32.1. The predicted octanol–water partition coefficient (Wildman–Crippen LogP) is 2.75. The summed E-state index contributed by atoms with van der Waals surface area (Å²) in [7, 11) is 0. The number of morpholine rings is 2. The molecule has 30 heavy (non-hydrogen) atoms. The lowest BCUT2D eigenvalue weighted by atomic mass is 9.78. The summed E-state index contributed by atoms with van der Waals surface area (Å²) < 4.78 is 11.0. The monoisotopic (exact) mass is 406 g/mol. The van der Waals surface area contributed by atoms with Crippen LogP contribution in [0.3, 0.4) is 0 Å². The molecule has 0 bridgehead atoms. The van der Waals surface area contributed by atoms with Gasteiger partial charge in [-0.1, -0.05) is 12.1 Å². The Morgan fingerprint density at radius 1 is 0.600 bits per heavy atom. The second-order valence-electron chi connectivity index (χ2n) is 8.16. The number of hydrogen-bond acceptors (Lipinski definition) is 6. The summed E-state index contributed by atoms with van der Waals surface area (Å²) in [6, 6.07) is 7.89. The van der Waals surface area contributed by atoms with Crippen LogP contribution in [0.25, 0.3) is 0 Å². The van der Waals surface area contributed by atoms with Crippen molar-refractivity contribution in [2.45, 2.75) is 13.8 Å². The second kappa shape index (κ2) is 7.52. The van der Waals surface area contributed by atoms with Crippen molar-refractivity contribution < 1.29 is 19.1 Å². The van der Waals surface area contributed by atoms with Gasteiger partial charge in [0.05, 0.1) is 37.6 Å². The SMILES string of the molecule is Cc1ccc(C)c2c1C(=O)c1c(N3CCOCC3)ccc(N3CCOCC3)c1C2=O. The van der Waals surface area contributed by atoms with Crippen LogP contribution >= 0.6 is 0 Å². The summed E-state index contributed by atoms with van der Waals surface area (Å²) in [5, 5.41) is 0. The van der Waals surface area contributed by atoms with Crippen LogP contribution in [0.4, 0.5) is 11.4 Å². The molecule has 0 saturated carbocycles. The van der Waals surface area contributed by atoms with Gasteiger partial charge in [-0.15, -0.1) is 0 Å². The number of ketones is 2. The Kier molecular flexibility index (Phi) is 4.83. The minimum atomic E-state index is -0.0441. The molecule has 0 unspecified atom stereocenters. The van der Waals surface area contributed by atoms with Crippen LogP contribution in [-0.2, 0) is 9.47 Å². The molecule has 2 saturated heterocycles. The van der Waals surface area contributed by atoms with Crippen molar-refractivity contribution in [2.75, 3.05) is 62.4 Å². The fourth-order valence-electron chi connectivity index (χ4n) is 4.82. The van der Waals surface area contributed by atoms with E-state index in [1.54, 1.807) is 0 Å². The van der Waals surface area contributed by atoms with Crippen molar-refractivity contribution in [3.8, 4) is 0 Å². The smallest absolute Gasteiger partial charge is 0.196 e. The van der Waals surface area contributed by atoms with E-state index in [0.717, 1.165) is 22.5 Å². The molecule has 6 heteroatoms. The van der Waals surface area contributed by atoms with Crippen molar-refractivity contribution in [2.24, 2.45) is 0 Å². The molecule has 2 aliphatic heterocycles. The van der Waals surface area contributed by atoms with E-state index in [-0.39, 0.29) is 11.6 Å². The van der Waals surface area contributed by atoms with Gasteiger partial charge in [-0.2, -0.15) is 0 Å². The van der Waals surface area contributed by atoms with E-state index in [4.69, 9.17) is 9.47 Å². The van der Waals surface area contributed by atoms with E-state index < -0.39 is 0 Å². The molecule has 0 N–H and O–H groups in total. The van der Waals surface area contributed by atoms with E-state index in [1.165, 1.54) is 0 Å². The number of hydrogen-bond donors (Lipinski definition) is 0. The number of nitrogens with zero attached hydrogens (tertiary/aromatic N) is 2. The van der Waals surface area contributed by atoms with E-state index in [9.17, 15) is 9.59 Å². The molecule has 0 spiro atoms. The second-order valence-corrected chi connectivity index (χ2v) is 8.16. The van der Waals surface area contributed by atoms with E-state index in [2.05, 4.69) is 9.80 Å². The molecule has 6 nitrogen and oxygen atoms in total. The van der Waals surface area contributed by atoms with Gasteiger partial charge in [-0.3, -0.25) is 9.59 Å². The molecule has 2 aromatic carbocycles. The minimum Gasteiger partial charge on any atom is -0.378 e. The number of carbonyl (C=O) groups is 2. The summed E-state index contributed by atoms with van der Waals surface area (Å²) in [6.07, 6.45) is 0. The average molecular weight is 406 g/mol. The number of rotatable bonds is 2. The Labute approximate surface area is 176 Å². The van der Waals surface area contributed by atoms with E-state index >= 15 is 0 Å². The maximum absolute atomic E-state index is 13.9. The average Bonchev–Trinajstić information content (AvgIpc) is 2.79. The van der Waals surface area contributed by atoms with Gasteiger partial charge in [-0.05, 0) is 37.1 Å². The number of aryl methyl sites for hydroxylation is 2. The van der Waals surface area contributed by atoms with Gasteiger partial charge >= 0.3 is 0 Å². The fourth-order valence-corrected chi connectivity index (χ4v) is 4.82. The first kappa shape index (κ1) is 19.3. The summed E-state index contributed by atoms with van der Waals surface area (Å²) in [5.74, 6) is -0.0881. The molecule has 1 aliphatic carbocycles. The quantitative estimate of drug-likeness (QED) is 0.652. The van der Waals surface area contributed by atoms with Crippen LogP contribution in [0.5, 0.6) is 0 Å². The van der Waals surface area contributed by atoms with E-state index in [1.807, 2.05) is 38.1 Å². The molecule has 2 aromatic rings. The lowest BCUT2D eigenvalue weighted by molar-refractivity contribution is 0.0976. The highest BCUT2D eigenvalue weighted by Gasteiger charge is 2.38. The van der Waals surface area contributed by atoms with Crippen LogP contribution in [0, 0.1) is 13.8 Å². The number of anilines is 2. The molecule has 2 heterocycles. The third kappa shape index (κ3) is 2.94.